The van der Waals surface area contributed by atoms with Crippen LogP contribution in [0.15, 0.2) is 76.7 Å². The number of aromatic nitrogens is 4. The van der Waals surface area contributed by atoms with Gasteiger partial charge in [-0.25, -0.2) is 9.97 Å². The zero-order valence-electron chi connectivity index (χ0n) is 18.0. The third kappa shape index (κ3) is 3.80. The Hall–Kier alpha value is -3.52. The molecule has 5 rings (SSSR count). The summed E-state index contributed by atoms with van der Waals surface area (Å²) in [6.07, 6.45) is 0. The van der Waals surface area contributed by atoms with E-state index in [1.54, 1.807) is 47.0 Å². The summed E-state index contributed by atoms with van der Waals surface area (Å²) >= 11 is 1.22. The molecule has 0 amide bonds. The summed E-state index contributed by atoms with van der Waals surface area (Å²) in [4.78, 5) is 22.6. The van der Waals surface area contributed by atoms with Crippen LogP contribution in [0.2, 0.25) is 0 Å². The molecule has 0 aliphatic rings. The molecule has 5 aromatic rings. The number of fused-ring (bicyclic) bond motifs is 2. The normalized spacial score (nSPS) is 11.7. The van der Waals surface area contributed by atoms with E-state index >= 15 is 0 Å². The Bertz CT molecular complexity index is 1560. The largest absolute Gasteiger partial charge is 0.320 e. The van der Waals surface area contributed by atoms with Crippen LogP contribution in [0.5, 0.6) is 0 Å². The summed E-state index contributed by atoms with van der Waals surface area (Å²) in [6.45, 7) is 1.20. The highest BCUT2D eigenvalue weighted by molar-refractivity contribution is 7.98. The molecule has 0 unspecified atom stereocenters. The number of benzene rings is 3. The maximum atomic E-state index is 13.9. The number of halogens is 2. The van der Waals surface area contributed by atoms with Crippen molar-refractivity contribution >= 4 is 33.7 Å². The fourth-order valence-corrected chi connectivity index (χ4v) is 4.96. The van der Waals surface area contributed by atoms with Crippen LogP contribution < -0.4 is 5.56 Å². The fourth-order valence-electron chi connectivity index (χ4n) is 4.02. The molecule has 2 heterocycles. The van der Waals surface area contributed by atoms with E-state index in [1.807, 2.05) is 38.1 Å². The molecule has 0 aliphatic carbocycles. The Balaban J connectivity index is 1.65. The topological polar surface area (TPSA) is 52.7 Å². The maximum absolute atomic E-state index is 13.9. The zero-order valence-corrected chi connectivity index (χ0v) is 18.8. The number of hydrogen-bond acceptors (Lipinski definition) is 4. The van der Waals surface area contributed by atoms with Crippen LogP contribution in [-0.2, 0) is 5.75 Å². The van der Waals surface area contributed by atoms with Gasteiger partial charge in [-0.3, -0.25) is 13.9 Å². The van der Waals surface area contributed by atoms with Gasteiger partial charge in [-0.2, -0.15) is 8.78 Å². The molecule has 0 aliphatic heterocycles. The van der Waals surface area contributed by atoms with Crippen molar-refractivity contribution in [1.29, 1.82) is 0 Å². The third-order valence-electron chi connectivity index (χ3n) is 5.53. The van der Waals surface area contributed by atoms with Gasteiger partial charge in [0.1, 0.15) is 5.82 Å². The van der Waals surface area contributed by atoms with E-state index in [9.17, 15) is 13.6 Å². The minimum Gasteiger partial charge on any atom is -0.269 e. The third-order valence-corrected chi connectivity index (χ3v) is 6.47. The van der Waals surface area contributed by atoms with Gasteiger partial charge in [0, 0.05) is 0 Å². The molecule has 0 spiro atoms. The van der Waals surface area contributed by atoms with Crippen molar-refractivity contribution in [2.24, 2.45) is 0 Å². The lowest BCUT2D eigenvalue weighted by Crippen LogP contribution is -2.22. The number of hydrogen-bond donors (Lipinski definition) is 0. The monoisotopic (exact) mass is 462 g/mol. The molecule has 0 saturated carbocycles. The van der Waals surface area contributed by atoms with E-state index in [4.69, 9.17) is 4.98 Å². The van der Waals surface area contributed by atoms with Crippen molar-refractivity contribution in [2.45, 2.75) is 31.3 Å². The molecular weight excluding hydrogens is 442 g/mol. The molecule has 33 heavy (non-hydrogen) atoms. The SMILES string of the molecule is Cc1ccc(-n2c(SCc3nc4ccccc4n3C(F)F)nc3ccccc3c2=O)c(C)c1. The summed E-state index contributed by atoms with van der Waals surface area (Å²) < 4.78 is 30.2. The summed E-state index contributed by atoms with van der Waals surface area (Å²) in [7, 11) is 0. The molecule has 5 nitrogen and oxygen atoms in total. The van der Waals surface area contributed by atoms with E-state index in [1.165, 1.54) is 11.8 Å². The molecule has 8 heteroatoms. The second-order valence-corrected chi connectivity index (χ2v) is 8.74. The number of alkyl halides is 2. The van der Waals surface area contributed by atoms with Crippen LogP contribution in [0.1, 0.15) is 23.5 Å². The van der Waals surface area contributed by atoms with E-state index in [2.05, 4.69) is 4.98 Å². The zero-order chi connectivity index (χ0) is 23.1. The molecule has 0 atom stereocenters. The standard InChI is InChI=1S/C25H20F2N4OS/c1-15-11-12-20(16(2)13-15)31-23(32)17-7-3-4-8-18(17)29-25(31)33-14-22-28-19-9-5-6-10-21(19)30(22)24(26)27/h3-13,24H,14H2,1-2H3. The Labute approximate surface area is 192 Å². The van der Waals surface area contributed by atoms with Crippen molar-refractivity contribution < 1.29 is 8.78 Å². The van der Waals surface area contributed by atoms with Crippen LogP contribution in [0.4, 0.5) is 8.78 Å². The number of imidazole rings is 1. The number of aryl methyl sites for hydroxylation is 2. The summed E-state index contributed by atoms with van der Waals surface area (Å²) in [6, 6.07) is 19.8. The molecule has 166 valence electrons. The van der Waals surface area contributed by atoms with Crippen LogP contribution in [0.3, 0.4) is 0 Å². The lowest BCUT2D eigenvalue weighted by atomic mass is 10.1. The van der Waals surface area contributed by atoms with Gasteiger partial charge in [-0.05, 0) is 49.7 Å². The first-order chi connectivity index (χ1) is 15.9. The Kier molecular flexibility index (Phi) is 5.46. The first-order valence-electron chi connectivity index (χ1n) is 10.4. The second-order valence-electron chi connectivity index (χ2n) is 7.80. The van der Waals surface area contributed by atoms with Crippen molar-refractivity contribution in [3.63, 3.8) is 0 Å². The summed E-state index contributed by atoms with van der Waals surface area (Å²) in [5.41, 5.74) is 3.97. The lowest BCUT2D eigenvalue weighted by Gasteiger charge is -2.16. The molecule has 0 N–H and O–H groups in total. The van der Waals surface area contributed by atoms with Crippen LogP contribution in [0.25, 0.3) is 27.6 Å². The quantitative estimate of drug-likeness (QED) is 0.236. The predicted molar refractivity (Wildman–Crippen MR) is 127 cm³/mol. The van der Waals surface area contributed by atoms with Crippen LogP contribution >= 0.6 is 11.8 Å². The molecule has 0 bridgehead atoms. The van der Waals surface area contributed by atoms with Gasteiger partial charge < -0.3 is 0 Å². The number of rotatable bonds is 5. The Morgan fingerprint density at radius 2 is 1.67 bits per heavy atom. The average Bonchev–Trinajstić information content (AvgIpc) is 3.17. The molecule has 0 radical (unpaired) electrons. The summed E-state index contributed by atoms with van der Waals surface area (Å²) in [5, 5.41) is 0.931. The van der Waals surface area contributed by atoms with Crippen molar-refractivity contribution in [1.82, 2.24) is 19.1 Å². The number of nitrogens with zero attached hydrogens (tertiary/aromatic N) is 4. The fraction of sp³-hybridized carbons (Fsp3) is 0.160. The Morgan fingerprint density at radius 3 is 2.42 bits per heavy atom. The van der Waals surface area contributed by atoms with E-state index in [0.29, 0.717) is 32.8 Å². The van der Waals surface area contributed by atoms with Gasteiger partial charge in [0.15, 0.2) is 5.16 Å². The predicted octanol–water partition coefficient (Wildman–Crippen LogP) is 6.04. The van der Waals surface area contributed by atoms with Crippen molar-refractivity contribution in [2.75, 3.05) is 0 Å². The summed E-state index contributed by atoms with van der Waals surface area (Å²) in [5.74, 6) is 0.361. The molecule has 2 aromatic heterocycles. The minimum atomic E-state index is -2.72. The van der Waals surface area contributed by atoms with E-state index < -0.39 is 6.55 Å². The highest BCUT2D eigenvalue weighted by atomic mass is 32.2. The van der Waals surface area contributed by atoms with E-state index in [0.717, 1.165) is 15.7 Å². The molecule has 0 fully saturated rings. The van der Waals surface area contributed by atoms with Gasteiger partial charge in [-0.15, -0.1) is 0 Å². The number of para-hydroxylation sites is 3. The minimum absolute atomic E-state index is 0.134. The van der Waals surface area contributed by atoms with Crippen LogP contribution in [0, 0.1) is 13.8 Å². The average molecular weight is 463 g/mol. The lowest BCUT2D eigenvalue weighted by molar-refractivity contribution is 0.0722. The first-order valence-corrected chi connectivity index (χ1v) is 11.4. The van der Waals surface area contributed by atoms with Gasteiger partial charge >= 0.3 is 6.55 Å². The Morgan fingerprint density at radius 1 is 0.939 bits per heavy atom. The second kappa shape index (κ2) is 8.44. The number of thioether (sulfide) groups is 1. The highest BCUT2D eigenvalue weighted by Crippen LogP contribution is 2.30. The van der Waals surface area contributed by atoms with Gasteiger partial charge in [0.05, 0.1) is 33.4 Å². The van der Waals surface area contributed by atoms with Crippen LogP contribution in [-0.4, -0.2) is 19.1 Å². The highest BCUT2D eigenvalue weighted by Gasteiger charge is 2.20. The van der Waals surface area contributed by atoms with Crippen molar-refractivity contribution in [3.05, 3.63) is 94.0 Å². The first kappa shape index (κ1) is 21.3. The van der Waals surface area contributed by atoms with Crippen molar-refractivity contribution in [3.8, 4) is 5.69 Å². The molecule has 3 aromatic carbocycles. The maximum Gasteiger partial charge on any atom is 0.320 e. The molecular formula is C25H20F2N4OS. The van der Waals surface area contributed by atoms with Gasteiger partial charge in [-0.1, -0.05) is 53.7 Å². The van der Waals surface area contributed by atoms with Gasteiger partial charge in [0.2, 0.25) is 0 Å². The van der Waals surface area contributed by atoms with E-state index in [-0.39, 0.29) is 17.1 Å². The van der Waals surface area contributed by atoms with Gasteiger partial charge in [0.25, 0.3) is 5.56 Å². The smallest absolute Gasteiger partial charge is 0.269 e. The molecule has 0 saturated heterocycles.